The third-order valence-corrected chi connectivity index (χ3v) is 4.65. The lowest BCUT2D eigenvalue weighted by Gasteiger charge is -2.24. The first-order valence-corrected chi connectivity index (χ1v) is 8.04. The highest BCUT2D eigenvalue weighted by atomic mass is 32.2. The molecule has 1 aromatic carbocycles. The van der Waals surface area contributed by atoms with Gasteiger partial charge >= 0.3 is 0 Å². The molecule has 1 heterocycles. The maximum absolute atomic E-state index is 5.47. The summed E-state index contributed by atoms with van der Waals surface area (Å²) in [6.07, 6.45) is 2.46. The zero-order valence-corrected chi connectivity index (χ0v) is 13.2. The van der Waals surface area contributed by atoms with Gasteiger partial charge in [-0.25, -0.2) is 0 Å². The number of hydrogen-bond acceptors (Lipinski definition) is 5. The van der Waals surface area contributed by atoms with Crippen molar-refractivity contribution in [3.8, 4) is 17.2 Å². The normalized spacial score (nSPS) is 15.9. The molecule has 1 saturated heterocycles. The predicted molar refractivity (Wildman–Crippen MR) is 83.3 cm³/mol. The molecule has 4 nitrogen and oxygen atoms in total. The molecule has 1 aromatic rings. The van der Waals surface area contributed by atoms with Crippen LogP contribution in [0.3, 0.4) is 0 Å². The summed E-state index contributed by atoms with van der Waals surface area (Å²) in [4.78, 5) is 0. The monoisotopic (exact) mass is 297 g/mol. The molecule has 0 bridgehead atoms. The second-order valence-corrected chi connectivity index (χ2v) is 6.00. The van der Waals surface area contributed by atoms with E-state index in [1.165, 1.54) is 24.3 Å². The van der Waals surface area contributed by atoms with Crippen molar-refractivity contribution in [3.63, 3.8) is 0 Å². The average molecular weight is 297 g/mol. The molecule has 1 N–H and O–H groups in total. The quantitative estimate of drug-likeness (QED) is 0.874. The first-order valence-electron chi connectivity index (χ1n) is 6.88. The third kappa shape index (κ3) is 3.73. The van der Waals surface area contributed by atoms with Gasteiger partial charge in [0.05, 0.1) is 26.9 Å². The topological polar surface area (TPSA) is 39.7 Å². The molecule has 0 saturated carbocycles. The van der Waals surface area contributed by atoms with Crippen LogP contribution in [0.2, 0.25) is 0 Å². The Kier molecular flexibility index (Phi) is 5.86. The van der Waals surface area contributed by atoms with Gasteiger partial charge in [-0.15, -0.1) is 0 Å². The van der Waals surface area contributed by atoms with Gasteiger partial charge in [-0.3, -0.25) is 0 Å². The number of thioether (sulfide) groups is 1. The zero-order chi connectivity index (χ0) is 14.4. The van der Waals surface area contributed by atoms with E-state index in [0.717, 1.165) is 29.4 Å². The van der Waals surface area contributed by atoms with E-state index in [2.05, 4.69) is 5.32 Å². The summed E-state index contributed by atoms with van der Waals surface area (Å²) in [6, 6.07) is 4.39. The maximum atomic E-state index is 5.47. The SMILES string of the molecule is COc1cc(OC)c(CNC2CCSCC2)c(OC)c1. The van der Waals surface area contributed by atoms with Gasteiger partial charge in [-0.2, -0.15) is 11.8 Å². The molecular weight excluding hydrogens is 274 g/mol. The highest BCUT2D eigenvalue weighted by Crippen LogP contribution is 2.34. The number of benzene rings is 1. The van der Waals surface area contributed by atoms with Crippen molar-refractivity contribution in [1.82, 2.24) is 5.32 Å². The van der Waals surface area contributed by atoms with Crippen molar-refractivity contribution in [3.05, 3.63) is 17.7 Å². The standard InChI is InChI=1S/C15H23NO3S/c1-17-12-8-14(18-2)13(15(9-12)19-3)10-16-11-4-6-20-7-5-11/h8-9,11,16H,4-7,10H2,1-3H3. The highest BCUT2D eigenvalue weighted by Gasteiger charge is 2.17. The molecule has 20 heavy (non-hydrogen) atoms. The van der Waals surface area contributed by atoms with E-state index in [4.69, 9.17) is 14.2 Å². The maximum Gasteiger partial charge on any atom is 0.130 e. The molecule has 0 aliphatic carbocycles. The summed E-state index contributed by atoms with van der Waals surface area (Å²) >= 11 is 2.03. The lowest BCUT2D eigenvalue weighted by Crippen LogP contribution is -2.32. The molecule has 2 rings (SSSR count). The van der Waals surface area contributed by atoms with Crippen molar-refractivity contribution in [2.24, 2.45) is 0 Å². The number of rotatable bonds is 6. The summed E-state index contributed by atoms with van der Waals surface area (Å²) in [5.74, 6) is 4.85. The molecule has 112 valence electrons. The van der Waals surface area contributed by atoms with Crippen LogP contribution < -0.4 is 19.5 Å². The zero-order valence-electron chi connectivity index (χ0n) is 12.4. The van der Waals surface area contributed by atoms with Crippen molar-refractivity contribution in [1.29, 1.82) is 0 Å². The Bertz CT molecular complexity index is 408. The van der Waals surface area contributed by atoms with Crippen LogP contribution in [-0.2, 0) is 6.54 Å². The summed E-state index contributed by atoms with van der Waals surface area (Å²) < 4.78 is 16.2. The van der Waals surface area contributed by atoms with E-state index in [1.807, 2.05) is 23.9 Å². The van der Waals surface area contributed by atoms with Gasteiger partial charge in [-0.05, 0) is 24.3 Å². The van der Waals surface area contributed by atoms with E-state index in [9.17, 15) is 0 Å². The Morgan fingerprint density at radius 1 is 1.05 bits per heavy atom. The fourth-order valence-corrected chi connectivity index (χ4v) is 3.51. The molecule has 1 aliphatic rings. The van der Waals surface area contributed by atoms with E-state index in [1.54, 1.807) is 21.3 Å². The van der Waals surface area contributed by atoms with Crippen LogP contribution in [0.4, 0.5) is 0 Å². The molecule has 1 aliphatic heterocycles. The van der Waals surface area contributed by atoms with Crippen LogP contribution in [0.1, 0.15) is 18.4 Å². The smallest absolute Gasteiger partial charge is 0.130 e. The first-order chi connectivity index (χ1) is 9.78. The Balaban J connectivity index is 2.11. The van der Waals surface area contributed by atoms with Crippen molar-refractivity contribution in [2.45, 2.75) is 25.4 Å². The minimum absolute atomic E-state index is 0.591. The van der Waals surface area contributed by atoms with Crippen LogP contribution >= 0.6 is 11.8 Å². The van der Waals surface area contributed by atoms with Crippen molar-refractivity contribution >= 4 is 11.8 Å². The molecule has 5 heteroatoms. The predicted octanol–water partition coefficient (Wildman–Crippen LogP) is 2.70. The fourth-order valence-electron chi connectivity index (χ4n) is 2.40. The van der Waals surface area contributed by atoms with Crippen molar-refractivity contribution < 1.29 is 14.2 Å². The molecule has 0 radical (unpaired) electrons. The van der Waals surface area contributed by atoms with Gasteiger partial charge in [-0.1, -0.05) is 0 Å². The Hall–Kier alpha value is -1.07. The Morgan fingerprint density at radius 3 is 2.15 bits per heavy atom. The third-order valence-electron chi connectivity index (χ3n) is 3.61. The van der Waals surface area contributed by atoms with Gasteiger partial charge in [0.15, 0.2) is 0 Å². The Morgan fingerprint density at radius 2 is 1.65 bits per heavy atom. The van der Waals surface area contributed by atoms with Gasteiger partial charge in [0.1, 0.15) is 17.2 Å². The minimum Gasteiger partial charge on any atom is -0.496 e. The molecular formula is C15H23NO3S. The van der Waals surface area contributed by atoms with Gasteiger partial charge < -0.3 is 19.5 Å². The van der Waals surface area contributed by atoms with Gasteiger partial charge in [0.25, 0.3) is 0 Å². The number of methoxy groups -OCH3 is 3. The average Bonchev–Trinajstić information content (AvgIpc) is 2.52. The van der Waals surface area contributed by atoms with Crippen LogP contribution in [-0.4, -0.2) is 38.9 Å². The number of nitrogens with one attached hydrogen (secondary N) is 1. The van der Waals surface area contributed by atoms with E-state index < -0.39 is 0 Å². The van der Waals surface area contributed by atoms with E-state index in [0.29, 0.717) is 6.04 Å². The van der Waals surface area contributed by atoms with Gasteiger partial charge in [0, 0.05) is 24.7 Å². The minimum atomic E-state index is 0.591. The second-order valence-electron chi connectivity index (χ2n) is 4.78. The summed E-state index contributed by atoms with van der Waals surface area (Å²) in [6.45, 7) is 0.756. The fraction of sp³-hybridized carbons (Fsp3) is 0.600. The second kappa shape index (κ2) is 7.64. The summed E-state index contributed by atoms with van der Waals surface area (Å²) in [5.41, 5.74) is 1.05. The van der Waals surface area contributed by atoms with E-state index in [-0.39, 0.29) is 0 Å². The number of ether oxygens (including phenoxy) is 3. The largest absolute Gasteiger partial charge is 0.496 e. The van der Waals surface area contributed by atoms with E-state index >= 15 is 0 Å². The lowest BCUT2D eigenvalue weighted by atomic mass is 10.1. The molecule has 1 fully saturated rings. The number of hydrogen-bond donors (Lipinski definition) is 1. The molecule has 0 atom stereocenters. The summed E-state index contributed by atoms with van der Waals surface area (Å²) in [5, 5.41) is 3.61. The van der Waals surface area contributed by atoms with Crippen LogP contribution in [0.25, 0.3) is 0 Å². The molecule has 0 unspecified atom stereocenters. The molecule has 0 amide bonds. The Labute approximate surface area is 125 Å². The molecule has 0 aromatic heterocycles. The van der Waals surface area contributed by atoms with Crippen LogP contribution in [0.5, 0.6) is 17.2 Å². The van der Waals surface area contributed by atoms with Crippen molar-refractivity contribution in [2.75, 3.05) is 32.8 Å². The highest BCUT2D eigenvalue weighted by molar-refractivity contribution is 7.99. The van der Waals surface area contributed by atoms with Crippen LogP contribution in [0.15, 0.2) is 12.1 Å². The summed E-state index contributed by atoms with van der Waals surface area (Å²) in [7, 11) is 5.00. The first kappa shape index (κ1) is 15.3. The van der Waals surface area contributed by atoms with Crippen LogP contribution in [0, 0.1) is 0 Å². The lowest BCUT2D eigenvalue weighted by molar-refractivity contribution is 0.363. The molecule has 0 spiro atoms. The van der Waals surface area contributed by atoms with Gasteiger partial charge in [0.2, 0.25) is 0 Å².